The Morgan fingerprint density at radius 2 is 2.05 bits per heavy atom. The van der Waals surface area contributed by atoms with Crippen molar-refractivity contribution >= 4 is 6.03 Å². The molecule has 20 heavy (non-hydrogen) atoms. The molecule has 0 aliphatic rings. The van der Waals surface area contributed by atoms with Gasteiger partial charge in [-0.3, -0.25) is 0 Å². The van der Waals surface area contributed by atoms with Gasteiger partial charge in [-0.1, -0.05) is 30.0 Å². The lowest BCUT2D eigenvalue weighted by molar-refractivity contribution is 0.196. The average Bonchev–Trinajstić information content (AvgIpc) is 2.45. The Morgan fingerprint density at radius 3 is 2.80 bits per heavy atom. The minimum Gasteiger partial charge on any atom is -0.481 e. The predicted octanol–water partition coefficient (Wildman–Crippen LogP) is 1.32. The number of amides is 2. The Hall–Kier alpha value is -2.19. The van der Waals surface area contributed by atoms with Gasteiger partial charge in [0.2, 0.25) is 0 Å². The lowest BCUT2D eigenvalue weighted by atomic mass is 10.2. The standard InChI is InChI=1S/C15H20N2O3/c1-13-7-3-4-8-14(13)20-11-6-5-9-16-15(18)17-10-12-19-2/h3-4,7-8H,9-12H2,1-2H3,(H2,16,17,18). The number of methoxy groups -OCH3 is 1. The number of aryl methyl sites for hydroxylation is 1. The second-order valence-electron chi connectivity index (χ2n) is 4.01. The summed E-state index contributed by atoms with van der Waals surface area (Å²) in [7, 11) is 1.58. The second kappa shape index (κ2) is 9.70. The van der Waals surface area contributed by atoms with Gasteiger partial charge in [0, 0.05) is 13.7 Å². The maximum atomic E-state index is 11.2. The molecule has 2 N–H and O–H groups in total. The summed E-state index contributed by atoms with van der Waals surface area (Å²) >= 11 is 0. The molecule has 2 amide bonds. The fraction of sp³-hybridized carbons (Fsp3) is 0.400. The summed E-state index contributed by atoms with van der Waals surface area (Å²) in [5, 5.41) is 5.25. The smallest absolute Gasteiger partial charge is 0.315 e. The second-order valence-corrected chi connectivity index (χ2v) is 4.01. The van der Waals surface area contributed by atoms with Crippen molar-refractivity contribution in [3.05, 3.63) is 29.8 Å². The molecule has 1 rings (SSSR count). The molecule has 0 fully saturated rings. The topological polar surface area (TPSA) is 59.6 Å². The van der Waals surface area contributed by atoms with Crippen LogP contribution < -0.4 is 15.4 Å². The number of rotatable bonds is 6. The Bertz CT molecular complexity index is 477. The minimum atomic E-state index is -0.254. The van der Waals surface area contributed by atoms with E-state index in [2.05, 4.69) is 22.5 Å². The van der Waals surface area contributed by atoms with Crippen molar-refractivity contribution in [2.24, 2.45) is 0 Å². The van der Waals surface area contributed by atoms with E-state index in [-0.39, 0.29) is 12.6 Å². The van der Waals surface area contributed by atoms with Crippen molar-refractivity contribution in [1.82, 2.24) is 10.6 Å². The summed E-state index contributed by atoms with van der Waals surface area (Å²) in [6.45, 7) is 3.54. The Kier molecular flexibility index (Phi) is 7.70. The summed E-state index contributed by atoms with van der Waals surface area (Å²) in [5.74, 6) is 6.49. The van der Waals surface area contributed by atoms with Crippen LogP contribution in [0.2, 0.25) is 0 Å². The van der Waals surface area contributed by atoms with E-state index in [1.54, 1.807) is 7.11 Å². The van der Waals surface area contributed by atoms with Crippen molar-refractivity contribution in [3.63, 3.8) is 0 Å². The molecule has 1 aromatic carbocycles. The molecule has 1 aromatic rings. The first-order valence-corrected chi connectivity index (χ1v) is 6.39. The third-order valence-electron chi connectivity index (χ3n) is 2.45. The van der Waals surface area contributed by atoms with E-state index in [0.717, 1.165) is 11.3 Å². The van der Waals surface area contributed by atoms with Crippen molar-refractivity contribution < 1.29 is 14.3 Å². The number of nitrogens with one attached hydrogen (secondary N) is 2. The monoisotopic (exact) mass is 276 g/mol. The Balaban J connectivity index is 2.14. The maximum Gasteiger partial charge on any atom is 0.315 e. The van der Waals surface area contributed by atoms with Crippen LogP contribution in [0.25, 0.3) is 0 Å². The van der Waals surface area contributed by atoms with Crippen LogP contribution in [0.15, 0.2) is 24.3 Å². The normalized spacial score (nSPS) is 9.30. The van der Waals surface area contributed by atoms with Gasteiger partial charge in [0.15, 0.2) is 0 Å². The largest absolute Gasteiger partial charge is 0.481 e. The molecule has 0 bridgehead atoms. The molecule has 0 heterocycles. The number of carbonyl (C=O) groups excluding carboxylic acids is 1. The molecule has 5 nitrogen and oxygen atoms in total. The third-order valence-corrected chi connectivity index (χ3v) is 2.45. The van der Waals surface area contributed by atoms with E-state index in [1.165, 1.54) is 0 Å². The number of ether oxygens (including phenoxy) is 2. The predicted molar refractivity (Wildman–Crippen MR) is 77.7 cm³/mol. The fourth-order valence-electron chi connectivity index (χ4n) is 1.40. The molecule has 0 aliphatic heterocycles. The molecule has 0 unspecified atom stereocenters. The maximum absolute atomic E-state index is 11.2. The van der Waals surface area contributed by atoms with Gasteiger partial charge >= 0.3 is 6.03 Å². The first kappa shape index (κ1) is 15.9. The SMILES string of the molecule is COCCNC(=O)NCC#CCOc1ccccc1C. The molecule has 0 radical (unpaired) electrons. The molecular formula is C15H20N2O3. The molecule has 0 saturated carbocycles. The number of benzene rings is 1. The van der Waals surface area contributed by atoms with Crippen LogP contribution in [-0.4, -0.2) is 39.4 Å². The molecule has 108 valence electrons. The highest BCUT2D eigenvalue weighted by Gasteiger charge is 1.96. The van der Waals surface area contributed by atoms with Crippen molar-refractivity contribution in [2.75, 3.05) is 33.4 Å². The van der Waals surface area contributed by atoms with E-state index in [9.17, 15) is 4.79 Å². The average molecular weight is 276 g/mol. The zero-order valence-corrected chi connectivity index (χ0v) is 11.9. The highest BCUT2D eigenvalue weighted by Crippen LogP contribution is 2.15. The van der Waals surface area contributed by atoms with Crippen LogP contribution in [-0.2, 0) is 4.74 Å². The quantitative estimate of drug-likeness (QED) is 0.608. The van der Waals surface area contributed by atoms with Crippen LogP contribution in [0.4, 0.5) is 4.79 Å². The van der Waals surface area contributed by atoms with Crippen LogP contribution in [0, 0.1) is 18.8 Å². The van der Waals surface area contributed by atoms with Gasteiger partial charge in [0.25, 0.3) is 0 Å². The van der Waals surface area contributed by atoms with Crippen molar-refractivity contribution in [2.45, 2.75) is 6.92 Å². The molecule has 5 heteroatoms. The number of para-hydroxylation sites is 1. The Labute approximate surface area is 119 Å². The van der Waals surface area contributed by atoms with E-state index in [1.807, 2.05) is 31.2 Å². The third kappa shape index (κ3) is 6.66. The molecule has 0 aliphatic carbocycles. The zero-order valence-electron chi connectivity index (χ0n) is 11.9. The number of hydrogen-bond donors (Lipinski definition) is 2. The summed E-state index contributed by atoms with van der Waals surface area (Å²) in [6, 6.07) is 7.51. The summed E-state index contributed by atoms with van der Waals surface area (Å²) in [4.78, 5) is 11.2. The van der Waals surface area contributed by atoms with Crippen LogP contribution in [0.1, 0.15) is 5.56 Å². The van der Waals surface area contributed by atoms with Gasteiger partial charge in [0.1, 0.15) is 12.4 Å². The summed E-state index contributed by atoms with van der Waals surface area (Å²) in [6.07, 6.45) is 0. The molecule has 0 atom stereocenters. The van der Waals surface area contributed by atoms with E-state index < -0.39 is 0 Å². The Morgan fingerprint density at radius 1 is 1.25 bits per heavy atom. The van der Waals surface area contributed by atoms with Crippen LogP contribution in [0.5, 0.6) is 5.75 Å². The van der Waals surface area contributed by atoms with E-state index in [0.29, 0.717) is 19.8 Å². The van der Waals surface area contributed by atoms with Crippen molar-refractivity contribution in [3.8, 4) is 17.6 Å². The van der Waals surface area contributed by atoms with Gasteiger partial charge in [-0.2, -0.15) is 0 Å². The first-order valence-electron chi connectivity index (χ1n) is 6.39. The number of hydrogen-bond acceptors (Lipinski definition) is 3. The van der Waals surface area contributed by atoms with Gasteiger partial charge in [-0.25, -0.2) is 4.79 Å². The van der Waals surface area contributed by atoms with Crippen LogP contribution >= 0.6 is 0 Å². The minimum absolute atomic E-state index is 0.254. The van der Waals surface area contributed by atoms with Crippen LogP contribution in [0.3, 0.4) is 0 Å². The molecule has 0 saturated heterocycles. The first-order chi connectivity index (χ1) is 9.74. The van der Waals surface area contributed by atoms with Crippen molar-refractivity contribution in [1.29, 1.82) is 0 Å². The van der Waals surface area contributed by atoms with Gasteiger partial charge < -0.3 is 20.1 Å². The number of urea groups is 1. The molecule has 0 spiro atoms. The molecule has 0 aromatic heterocycles. The zero-order chi connectivity index (χ0) is 14.6. The summed E-state index contributed by atoms with van der Waals surface area (Å²) in [5.41, 5.74) is 1.07. The summed E-state index contributed by atoms with van der Waals surface area (Å²) < 4.78 is 10.3. The van der Waals surface area contributed by atoms with Gasteiger partial charge in [0.05, 0.1) is 13.2 Å². The number of carbonyl (C=O) groups is 1. The fourth-order valence-corrected chi connectivity index (χ4v) is 1.40. The lowest BCUT2D eigenvalue weighted by Gasteiger charge is -2.05. The van der Waals surface area contributed by atoms with E-state index >= 15 is 0 Å². The van der Waals surface area contributed by atoms with Gasteiger partial charge in [-0.05, 0) is 18.6 Å². The highest BCUT2D eigenvalue weighted by molar-refractivity contribution is 5.74. The molecular weight excluding hydrogens is 256 g/mol. The van der Waals surface area contributed by atoms with Gasteiger partial charge in [-0.15, -0.1) is 0 Å². The lowest BCUT2D eigenvalue weighted by Crippen LogP contribution is -2.37. The van der Waals surface area contributed by atoms with E-state index in [4.69, 9.17) is 9.47 Å². The highest BCUT2D eigenvalue weighted by atomic mass is 16.5.